The maximum Gasteiger partial charge on any atom is 0.433 e. The van der Waals surface area contributed by atoms with Crippen LogP contribution in [-0.2, 0) is 16.2 Å². The van der Waals surface area contributed by atoms with Crippen LogP contribution in [0.5, 0.6) is 11.8 Å². The quantitative estimate of drug-likeness (QED) is 0.594. The fourth-order valence-corrected chi connectivity index (χ4v) is 3.52. The number of alkyl halides is 3. The number of rotatable bonds is 6. The fraction of sp³-hybridized carbons (Fsp3) is 0.200. The van der Waals surface area contributed by atoms with E-state index < -0.39 is 27.9 Å². The van der Waals surface area contributed by atoms with Gasteiger partial charge in [-0.3, -0.25) is 4.72 Å². The maximum absolute atomic E-state index is 13.1. The highest BCUT2D eigenvalue weighted by Crippen LogP contribution is 2.32. The summed E-state index contributed by atoms with van der Waals surface area (Å²) < 4.78 is 72.0. The molecule has 2 aromatic carbocycles. The molecule has 3 rings (SSSR count). The van der Waals surface area contributed by atoms with Crippen LogP contribution in [0.1, 0.15) is 11.3 Å². The predicted octanol–water partition coefficient (Wildman–Crippen LogP) is 4.46. The number of anilines is 2. The highest BCUT2D eigenvalue weighted by atomic mass is 32.2. The van der Waals surface area contributed by atoms with E-state index in [0.29, 0.717) is 0 Å². The summed E-state index contributed by atoms with van der Waals surface area (Å²) in [4.78, 5) is 8.87. The molecule has 31 heavy (non-hydrogen) atoms. The lowest BCUT2D eigenvalue weighted by molar-refractivity contribution is -0.141. The van der Waals surface area contributed by atoms with E-state index in [4.69, 9.17) is 4.74 Å². The second-order valence-corrected chi connectivity index (χ2v) is 8.51. The van der Waals surface area contributed by atoms with Crippen molar-refractivity contribution in [3.8, 4) is 11.8 Å². The molecule has 11 heteroatoms. The minimum atomic E-state index is -4.66. The molecule has 0 fully saturated rings. The zero-order valence-corrected chi connectivity index (χ0v) is 17.6. The molecular formula is C20H19F3N4O3S. The summed E-state index contributed by atoms with van der Waals surface area (Å²) in [6.45, 7) is 1.85. The van der Waals surface area contributed by atoms with Gasteiger partial charge in [0.25, 0.3) is 10.0 Å². The lowest BCUT2D eigenvalue weighted by Crippen LogP contribution is -2.16. The third-order valence-corrected chi connectivity index (χ3v) is 5.48. The van der Waals surface area contributed by atoms with Crippen LogP contribution in [0.3, 0.4) is 0 Å². The van der Waals surface area contributed by atoms with Crippen LogP contribution in [0.2, 0.25) is 0 Å². The average molecular weight is 452 g/mol. The lowest BCUT2D eigenvalue weighted by Gasteiger charge is -2.15. The third-order valence-electron chi connectivity index (χ3n) is 4.09. The fourth-order valence-electron chi connectivity index (χ4n) is 2.46. The predicted molar refractivity (Wildman–Crippen MR) is 110 cm³/mol. The highest BCUT2D eigenvalue weighted by Gasteiger charge is 2.34. The van der Waals surface area contributed by atoms with Crippen molar-refractivity contribution in [3.05, 3.63) is 65.9 Å². The van der Waals surface area contributed by atoms with Gasteiger partial charge in [0, 0.05) is 25.8 Å². The molecule has 0 aliphatic rings. The van der Waals surface area contributed by atoms with E-state index in [1.54, 1.807) is 26.2 Å². The van der Waals surface area contributed by atoms with Crippen molar-refractivity contribution in [2.75, 3.05) is 23.7 Å². The second-order valence-electron chi connectivity index (χ2n) is 6.83. The van der Waals surface area contributed by atoms with Crippen molar-refractivity contribution in [3.63, 3.8) is 0 Å². The summed E-state index contributed by atoms with van der Waals surface area (Å²) in [5, 5.41) is 0. The van der Waals surface area contributed by atoms with E-state index in [1.165, 1.54) is 41.3 Å². The number of benzene rings is 2. The first-order valence-corrected chi connectivity index (χ1v) is 10.4. The molecule has 0 amide bonds. The number of hydrogen-bond donors (Lipinski definition) is 1. The van der Waals surface area contributed by atoms with Crippen molar-refractivity contribution >= 4 is 21.5 Å². The number of hydrogen-bond acceptors (Lipinski definition) is 6. The molecule has 0 atom stereocenters. The monoisotopic (exact) mass is 452 g/mol. The molecule has 1 N–H and O–H groups in total. The van der Waals surface area contributed by atoms with Gasteiger partial charge >= 0.3 is 12.2 Å². The van der Waals surface area contributed by atoms with Gasteiger partial charge in [-0.05, 0) is 43.3 Å². The first-order chi connectivity index (χ1) is 14.4. The van der Waals surface area contributed by atoms with Crippen LogP contribution in [0.4, 0.5) is 24.7 Å². The Kier molecular flexibility index (Phi) is 6.07. The normalized spacial score (nSPS) is 11.8. The molecule has 0 radical (unpaired) electrons. The Bertz CT molecular complexity index is 1160. The van der Waals surface area contributed by atoms with Gasteiger partial charge in [-0.1, -0.05) is 17.7 Å². The smallest absolute Gasteiger partial charge is 0.424 e. The minimum Gasteiger partial charge on any atom is -0.424 e. The molecule has 0 bridgehead atoms. The minimum absolute atomic E-state index is 0.0276. The SMILES string of the molecule is Cc1ccc(S(=O)(=O)Nc2ccc(Oc3nc(N(C)C)cc(C(F)(F)F)n3)cc2)cc1. The molecule has 0 spiro atoms. The number of aryl methyl sites for hydroxylation is 1. The number of nitrogens with one attached hydrogen (secondary N) is 1. The van der Waals surface area contributed by atoms with Gasteiger partial charge in [0.05, 0.1) is 4.90 Å². The van der Waals surface area contributed by atoms with Gasteiger partial charge in [0.1, 0.15) is 11.6 Å². The molecular weight excluding hydrogens is 433 g/mol. The van der Waals surface area contributed by atoms with E-state index in [0.717, 1.165) is 11.6 Å². The number of aromatic nitrogens is 2. The van der Waals surface area contributed by atoms with Crippen LogP contribution >= 0.6 is 0 Å². The van der Waals surface area contributed by atoms with E-state index in [2.05, 4.69) is 14.7 Å². The summed E-state index contributed by atoms with van der Waals surface area (Å²) in [6, 6.07) is 12.3. The Labute approximate surface area is 177 Å². The van der Waals surface area contributed by atoms with Gasteiger partial charge in [-0.2, -0.15) is 23.1 Å². The summed E-state index contributed by atoms with van der Waals surface area (Å²) in [5.74, 6) is 0.169. The molecule has 0 aliphatic heterocycles. The van der Waals surface area contributed by atoms with E-state index in [1.807, 2.05) is 6.92 Å². The van der Waals surface area contributed by atoms with Crippen molar-refractivity contribution < 1.29 is 26.3 Å². The van der Waals surface area contributed by atoms with Gasteiger partial charge in [0.2, 0.25) is 0 Å². The van der Waals surface area contributed by atoms with Crippen molar-refractivity contribution in [2.45, 2.75) is 18.0 Å². The standard InChI is InChI=1S/C20H19F3N4O3S/c1-13-4-10-16(11-5-13)31(28,29)26-14-6-8-15(9-7-14)30-19-24-17(20(21,22)23)12-18(25-19)27(2)3/h4-12,26H,1-3H3. The van der Waals surface area contributed by atoms with Crippen LogP contribution in [0.25, 0.3) is 0 Å². The molecule has 1 heterocycles. The highest BCUT2D eigenvalue weighted by molar-refractivity contribution is 7.92. The van der Waals surface area contributed by atoms with Crippen LogP contribution in [0.15, 0.2) is 59.5 Å². The molecule has 0 saturated carbocycles. The van der Waals surface area contributed by atoms with Crippen LogP contribution in [0, 0.1) is 6.92 Å². The first-order valence-electron chi connectivity index (χ1n) is 8.95. The Morgan fingerprint density at radius 3 is 2.13 bits per heavy atom. The zero-order valence-electron chi connectivity index (χ0n) is 16.8. The first kappa shape index (κ1) is 22.3. The second kappa shape index (κ2) is 8.42. The topological polar surface area (TPSA) is 84.4 Å². The molecule has 0 unspecified atom stereocenters. The van der Waals surface area contributed by atoms with Crippen molar-refractivity contribution in [2.24, 2.45) is 0 Å². The Morgan fingerprint density at radius 2 is 1.58 bits per heavy atom. The van der Waals surface area contributed by atoms with Crippen LogP contribution in [-0.4, -0.2) is 32.5 Å². The Hall–Kier alpha value is -3.34. The van der Waals surface area contributed by atoms with Crippen molar-refractivity contribution in [1.29, 1.82) is 0 Å². The van der Waals surface area contributed by atoms with Gasteiger partial charge in [0.15, 0.2) is 5.69 Å². The average Bonchev–Trinajstić information content (AvgIpc) is 2.68. The van der Waals surface area contributed by atoms with Gasteiger partial charge in [-0.15, -0.1) is 0 Å². The lowest BCUT2D eigenvalue weighted by atomic mass is 10.2. The van der Waals surface area contributed by atoms with Crippen LogP contribution < -0.4 is 14.4 Å². The number of sulfonamides is 1. The van der Waals surface area contributed by atoms with Gasteiger partial charge in [-0.25, -0.2) is 8.42 Å². The van der Waals surface area contributed by atoms with E-state index >= 15 is 0 Å². The summed E-state index contributed by atoms with van der Waals surface area (Å²) in [5.41, 5.74) is 0.0465. The Balaban J connectivity index is 1.79. The zero-order chi connectivity index (χ0) is 22.8. The molecule has 0 saturated heterocycles. The number of halogens is 3. The van der Waals surface area contributed by atoms with E-state index in [9.17, 15) is 21.6 Å². The maximum atomic E-state index is 13.1. The largest absolute Gasteiger partial charge is 0.433 e. The summed E-state index contributed by atoms with van der Waals surface area (Å²) in [6.07, 6.45) is -4.66. The summed E-state index contributed by atoms with van der Waals surface area (Å²) in [7, 11) is -0.699. The molecule has 7 nitrogen and oxygen atoms in total. The Morgan fingerprint density at radius 1 is 0.968 bits per heavy atom. The molecule has 3 aromatic rings. The molecule has 1 aromatic heterocycles. The van der Waals surface area contributed by atoms with Gasteiger partial charge < -0.3 is 9.64 Å². The summed E-state index contributed by atoms with van der Waals surface area (Å²) >= 11 is 0. The van der Waals surface area contributed by atoms with Crippen molar-refractivity contribution in [1.82, 2.24) is 9.97 Å². The number of nitrogens with zero attached hydrogens (tertiary/aromatic N) is 3. The molecule has 164 valence electrons. The third kappa shape index (κ3) is 5.63. The van der Waals surface area contributed by atoms with E-state index in [-0.39, 0.29) is 22.2 Å². The molecule has 0 aliphatic carbocycles. The number of ether oxygens (including phenoxy) is 1.